The Bertz CT molecular complexity index is 850. The maximum atomic E-state index is 12.0. The molecule has 0 bridgehead atoms. The molecule has 1 aromatic carbocycles. The van der Waals surface area contributed by atoms with Crippen LogP contribution in [0.3, 0.4) is 0 Å². The summed E-state index contributed by atoms with van der Waals surface area (Å²) < 4.78 is 6.22. The van der Waals surface area contributed by atoms with Crippen molar-refractivity contribution in [1.29, 1.82) is 0 Å². The van der Waals surface area contributed by atoms with Crippen LogP contribution < -0.4 is 15.5 Å². The normalized spacial score (nSPS) is 21.2. The van der Waals surface area contributed by atoms with Gasteiger partial charge >= 0.3 is 6.09 Å². The molecule has 3 rings (SSSR count). The lowest BCUT2D eigenvalue weighted by Gasteiger charge is -2.24. The average Bonchev–Trinajstić information content (AvgIpc) is 3.12. The van der Waals surface area contributed by atoms with E-state index < -0.39 is 11.7 Å². The second-order valence-electron chi connectivity index (χ2n) is 7.61. The number of rotatable bonds is 3. The molecule has 2 aliphatic heterocycles. The van der Waals surface area contributed by atoms with Crippen molar-refractivity contribution in [3.05, 3.63) is 33.1 Å². The molecule has 0 saturated carbocycles. The van der Waals surface area contributed by atoms with Gasteiger partial charge in [0.25, 0.3) is 11.1 Å². The number of benzene rings is 1. The number of anilines is 1. The van der Waals surface area contributed by atoms with E-state index in [4.69, 9.17) is 4.74 Å². The van der Waals surface area contributed by atoms with Crippen LogP contribution in [0.25, 0.3) is 6.08 Å². The van der Waals surface area contributed by atoms with Gasteiger partial charge in [-0.15, -0.1) is 0 Å². The van der Waals surface area contributed by atoms with E-state index in [1.807, 2.05) is 39.0 Å². The quantitative estimate of drug-likeness (QED) is 0.655. The summed E-state index contributed by atoms with van der Waals surface area (Å²) in [5, 5.41) is 4.82. The van der Waals surface area contributed by atoms with E-state index in [-0.39, 0.29) is 17.2 Å². The van der Waals surface area contributed by atoms with E-state index in [9.17, 15) is 14.4 Å². The van der Waals surface area contributed by atoms with Crippen LogP contribution in [-0.2, 0) is 9.53 Å². The number of halogens is 1. The van der Waals surface area contributed by atoms with Crippen molar-refractivity contribution in [1.82, 2.24) is 10.6 Å². The highest BCUT2D eigenvalue weighted by atomic mass is 79.9. The van der Waals surface area contributed by atoms with Gasteiger partial charge in [0, 0.05) is 23.1 Å². The predicted octanol–water partition coefficient (Wildman–Crippen LogP) is 3.88. The number of hydrogen-bond donors (Lipinski definition) is 2. The number of para-hydroxylation sites is 1. The summed E-state index contributed by atoms with van der Waals surface area (Å²) in [5.74, 6) is -0.383. The largest absolute Gasteiger partial charge is 0.444 e. The zero-order valence-electron chi connectivity index (χ0n) is 15.9. The molecular formula is C19H22BrN3O4S. The van der Waals surface area contributed by atoms with Crippen molar-refractivity contribution in [3.63, 3.8) is 0 Å². The van der Waals surface area contributed by atoms with Crippen LogP contribution in [-0.4, -0.2) is 42.0 Å². The molecule has 9 heteroatoms. The molecule has 28 heavy (non-hydrogen) atoms. The van der Waals surface area contributed by atoms with Crippen molar-refractivity contribution >= 4 is 56.7 Å². The Labute approximate surface area is 176 Å². The third-order valence-electron chi connectivity index (χ3n) is 4.17. The Balaban J connectivity index is 1.76. The van der Waals surface area contributed by atoms with E-state index in [0.717, 1.165) is 40.5 Å². The Morgan fingerprint density at radius 1 is 1.39 bits per heavy atom. The van der Waals surface area contributed by atoms with Crippen molar-refractivity contribution in [2.45, 2.75) is 38.8 Å². The number of nitrogens with zero attached hydrogens (tertiary/aromatic N) is 1. The number of thioether (sulfide) groups is 1. The van der Waals surface area contributed by atoms with Crippen LogP contribution >= 0.6 is 27.7 Å². The van der Waals surface area contributed by atoms with Gasteiger partial charge in [-0.3, -0.25) is 14.9 Å². The first-order valence-electron chi connectivity index (χ1n) is 8.90. The molecule has 0 aromatic heterocycles. The number of carbonyl (C=O) groups excluding carboxylic acids is 3. The highest BCUT2D eigenvalue weighted by Crippen LogP contribution is 2.36. The van der Waals surface area contributed by atoms with Crippen LogP contribution in [0, 0.1) is 0 Å². The number of imide groups is 1. The van der Waals surface area contributed by atoms with Crippen molar-refractivity contribution in [2.75, 3.05) is 18.0 Å². The number of hydrogen-bond acceptors (Lipinski definition) is 6. The van der Waals surface area contributed by atoms with Gasteiger partial charge in [-0.1, -0.05) is 12.1 Å². The van der Waals surface area contributed by atoms with Crippen molar-refractivity contribution < 1.29 is 19.1 Å². The van der Waals surface area contributed by atoms with E-state index in [0.29, 0.717) is 11.4 Å². The number of amides is 3. The van der Waals surface area contributed by atoms with Gasteiger partial charge in [0.2, 0.25) is 0 Å². The predicted molar refractivity (Wildman–Crippen MR) is 113 cm³/mol. The third kappa shape index (κ3) is 5.08. The molecule has 1 atom stereocenters. The maximum absolute atomic E-state index is 12.0. The van der Waals surface area contributed by atoms with Crippen LogP contribution in [0.15, 0.2) is 27.6 Å². The van der Waals surface area contributed by atoms with E-state index >= 15 is 0 Å². The summed E-state index contributed by atoms with van der Waals surface area (Å²) in [6.45, 7) is 6.86. The molecule has 150 valence electrons. The molecule has 0 spiro atoms. The van der Waals surface area contributed by atoms with Gasteiger partial charge in [0.1, 0.15) is 5.60 Å². The highest BCUT2D eigenvalue weighted by molar-refractivity contribution is 9.10. The number of nitrogens with one attached hydrogen (secondary N) is 2. The van der Waals surface area contributed by atoms with Crippen molar-refractivity contribution in [3.8, 4) is 0 Å². The fraction of sp³-hybridized carbons (Fsp3) is 0.421. The van der Waals surface area contributed by atoms with Crippen LogP contribution in [0.1, 0.15) is 32.8 Å². The standard InChI is InChI=1S/C19H22BrN3O4S/c1-19(2,3)27-17(25)21-12-7-8-23(10-12)15-11(5-4-6-13(15)20)9-14-16(24)22-18(26)28-14/h4-6,9,12H,7-8,10H2,1-3H3,(H,21,25)(H,22,24,26)/b14-9-/t12-/m0/s1. The Kier molecular flexibility index (Phi) is 6.04. The first kappa shape index (κ1) is 20.7. The molecule has 2 N–H and O–H groups in total. The molecule has 2 heterocycles. The minimum Gasteiger partial charge on any atom is -0.444 e. The molecular weight excluding hydrogens is 446 g/mol. The van der Waals surface area contributed by atoms with E-state index in [1.165, 1.54) is 0 Å². The molecule has 7 nitrogen and oxygen atoms in total. The fourth-order valence-corrected chi connectivity index (χ4v) is 4.41. The monoisotopic (exact) mass is 467 g/mol. The fourth-order valence-electron chi connectivity index (χ4n) is 3.10. The summed E-state index contributed by atoms with van der Waals surface area (Å²) >= 11 is 4.48. The molecule has 1 aromatic rings. The first-order valence-corrected chi connectivity index (χ1v) is 10.5. The first-order chi connectivity index (χ1) is 13.1. The smallest absolute Gasteiger partial charge is 0.407 e. The van der Waals surface area contributed by atoms with Gasteiger partial charge in [-0.2, -0.15) is 0 Å². The number of carbonyl (C=O) groups is 3. The lowest BCUT2D eigenvalue weighted by atomic mass is 10.1. The molecule has 0 unspecified atom stereocenters. The zero-order valence-corrected chi connectivity index (χ0v) is 18.3. The molecule has 0 radical (unpaired) electrons. The molecule has 0 aliphatic carbocycles. The second-order valence-corrected chi connectivity index (χ2v) is 9.48. The van der Waals surface area contributed by atoms with Crippen LogP contribution in [0.5, 0.6) is 0 Å². The molecule has 2 fully saturated rings. The third-order valence-corrected chi connectivity index (χ3v) is 5.62. The number of alkyl carbamates (subject to hydrolysis) is 1. The van der Waals surface area contributed by atoms with Crippen molar-refractivity contribution in [2.24, 2.45) is 0 Å². The van der Waals surface area contributed by atoms with Gasteiger partial charge in [0.05, 0.1) is 16.6 Å². The van der Waals surface area contributed by atoms with E-state index in [2.05, 4.69) is 31.5 Å². The minimum atomic E-state index is -0.541. The zero-order chi connectivity index (χ0) is 20.5. The lowest BCUT2D eigenvalue weighted by Crippen LogP contribution is -2.40. The minimum absolute atomic E-state index is 0.0341. The summed E-state index contributed by atoms with van der Waals surface area (Å²) in [6.07, 6.45) is 2.08. The molecule has 3 amide bonds. The Morgan fingerprint density at radius 3 is 2.79 bits per heavy atom. The average molecular weight is 468 g/mol. The summed E-state index contributed by atoms with van der Waals surface area (Å²) in [5.41, 5.74) is 1.22. The maximum Gasteiger partial charge on any atom is 0.407 e. The number of ether oxygens (including phenoxy) is 1. The lowest BCUT2D eigenvalue weighted by molar-refractivity contribution is -0.115. The summed E-state index contributed by atoms with van der Waals surface area (Å²) in [7, 11) is 0. The Morgan fingerprint density at radius 2 is 2.14 bits per heavy atom. The van der Waals surface area contributed by atoms with Crippen LogP contribution in [0.2, 0.25) is 0 Å². The Hall–Kier alpha value is -2.00. The highest BCUT2D eigenvalue weighted by Gasteiger charge is 2.29. The topological polar surface area (TPSA) is 87.7 Å². The summed E-state index contributed by atoms with van der Waals surface area (Å²) in [4.78, 5) is 37.9. The summed E-state index contributed by atoms with van der Waals surface area (Å²) in [6, 6.07) is 5.68. The SMILES string of the molecule is CC(C)(C)OC(=O)N[C@H]1CCN(c2c(Br)cccc2/C=C2\SC(=O)NC2=O)C1. The van der Waals surface area contributed by atoms with Crippen LogP contribution in [0.4, 0.5) is 15.3 Å². The van der Waals surface area contributed by atoms with Gasteiger partial charge in [-0.25, -0.2) is 4.79 Å². The van der Waals surface area contributed by atoms with E-state index in [1.54, 1.807) is 6.08 Å². The van der Waals surface area contributed by atoms with Gasteiger partial charge in [-0.05, 0) is 67.0 Å². The van der Waals surface area contributed by atoms with Gasteiger partial charge < -0.3 is 15.0 Å². The van der Waals surface area contributed by atoms with Gasteiger partial charge in [0.15, 0.2) is 0 Å². The molecule has 2 saturated heterocycles. The second kappa shape index (κ2) is 8.16. The molecule has 2 aliphatic rings.